The predicted molar refractivity (Wildman–Crippen MR) is 61.2 cm³/mol. The molecule has 1 rings (SSSR count). The quantitative estimate of drug-likeness (QED) is 0.856. The molecule has 3 nitrogen and oxygen atoms in total. The first-order chi connectivity index (χ1) is 8.26. The summed E-state index contributed by atoms with van der Waals surface area (Å²) in [7, 11) is 0. The third-order valence-corrected chi connectivity index (χ3v) is 2.53. The highest BCUT2D eigenvalue weighted by Gasteiger charge is 2.34. The molecule has 0 heterocycles. The molecule has 0 saturated carbocycles. The Morgan fingerprint density at radius 2 is 1.89 bits per heavy atom. The number of benzene rings is 1. The molecule has 1 aromatic carbocycles. The Labute approximate surface area is 103 Å². The highest BCUT2D eigenvalue weighted by atomic mass is 19.4. The zero-order chi connectivity index (χ0) is 13.8. The third-order valence-electron chi connectivity index (χ3n) is 2.53. The molecule has 0 aliphatic carbocycles. The van der Waals surface area contributed by atoms with Crippen LogP contribution in [-0.4, -0.2) is 23.9 Å². The maximum absolute atomic E-state index is 12.6. The van der Waals surface area contributed by atoms with E-state index in [0.29, 0.717) is 0 Å². The number of aliphatic hydroxyl groups is 1. The van der Waals surface area contributed by atoms with E-state index in [0.717, 1.165) is 6.07 Å². The van der Waals surface area contributed by atoms with Gasteiger partial charge in [0.25, 0.3) is 0 Å². The topological polar surface area (TPSA) is 55.5 Å². The minimum Gasteiger partial charge on any atom is -0.493 e. The zero-order valence-electron chi connectivity index (χ0n) is 10.00. The second kappa shape index (κ2) is 5.58. The van der Waals surface area contributed by atoms with Crippen LogP contribution in [0, 0.1) is 0 Å². The van der Waals surface area contributed by atoms with Gasteiger partial charge in [0.1, 0.15) is 5.75 Å². The van der Waals surface area contributed by atoms with Crippen molar-refractivity contribution >= 4 is 0 Å². The average molecular weight is 263 g/mol. The lowest BCUT2D eigenvalue weighted by atomic mass is 10.0. The van der Waals surface area contributed by atoms with E-state index in [4.69, 9.17) is 10.5 Å². The molecule has 1 atom stereocenters. The van der Waals surface area contributed by atoms with E-state index >= 15 is 0 Å². The van der Waals surface area contributed by atoms with Crippen LogP contribution in [-0.2, 0) is 6.18 Å². The molecule has 1 unspecified atom stereocenters. The van der Waals surface area contributed by atoms with Gasteiger partial charge in [0.05, 0.1) is 17.8 Å². The van der Waals surface area contributed by atoms with Crippen LogP contribution in [0.15, 0.2) is 24.3 Å². The summed E-state index contributed by atoms with van der Waals surface area (Å²) in [5.41, 5.74) is 3.35. The Kier molecular flexibility index (Phi) is 4.59. The number of ether oxygens (including phenoxy) is 1. The van der Waals surface area contributed by atoms with E-state index in [1.54, 1.807) is 0 Å². The van der Waals surface area contributed by atoms with Gasteiger partial charge in [-0.3, -0.25) is 0 Å². The van der Waals surface area contributed by atoms with Gasteiger partial charge < -0.3 is 15.6 Å². The SMILES string of the molecule is CC(O)(CN)CCOc1ccccc1C(F)(F)F. The zero-order valence-corrected chi connectivity index (χ0v) is 10.00. The van der Waals surface area contributed by atoms with E-state index in [1.807, 2.05) is 0 Å². The van der Waals surface area contributed by atoms with Gasteiger partial charge in [0.15, 0.2) is 0 Å². The molecule has 18 heavy (non-hydrogen) atoms. The van der Waals surface area contributed by atoms with Crippen LogP contribution in [0.25, 0.3) is 0 Å². The first-order valence-corrected chi connectivity index (χ1v) is 5.48. The molecule has 0 aliphatic rings. The lowest BCUT2D eigenvalue weighted by Gasteiger charge is -2.21. The fourth-order valence-electron chi connectivity index (χ4n) is 1.31. The van der Waals surface area contributed by atoms with Gasteiger partial charge in [-0.25, -0.2) is 0 Å². The molecule has 6 heteroatoms. The molecule has 0 radical (unpaired) electrons. The standard InChI is InChI=1S/C12H16F3NO2/c1-11(17,8-16)6-7-18-10-5-3-2-4-9(10)12(13,14)15/h2-5,17H,6-8,16H2,1H3. The lowest BCUT2D eigenvalue weighted by molar-refractivity contribution is -0.139. The van der Waals surface area contributed by atoms with Gasteiger partial charge in [0.2, 0.25) is 0 Å². The van der Waals surface area contributed by atoms with Crippen molar-refractivity contribution in [3.05, 3.63) is 29.8 Å². The van der Waals surface area contributed by atoms with Crippen molar-refractivity contribution < 1.29 is 23.0 Å². The summed E-state index contributed by atoms with van der Waals surface area (Å²) in [5.74, 6) is -0.238. The van der Waals surface area contributed by atoms with Crippen molar-refractivity contribution in [2.45, 2.75) is 25.1 Å². The number of hydrogen-bond acceptors (Lipinski definition) is 3. The third kappa shape index (κ3) is 4.19. The highest BCUT2D eigenvalue weighted by Crippen LogP contribution is 2.35. The van der Waals surface area contributed by atoms with Crippen LogP contribution < -0.4 is 10.5 Å². The van der Waals surface area contributed by atoms with E-state index in [-0.39, 0.29) is 25.3 Å². The largest absolute Gasteiger partial charge is 0.493 e. The Hall–Kier alpha value is -1.27. The fourth-order valence-corrected chi connectivity index (χ4v) is 1.31. The van der Waals surface area contributed by atoms with Crippen molar-refractivity contribution in [1.82, 2.24) is 0 Å². The second-order valence-corrected chi connectivity index (χ2v) is 4.29. The molecule has 0 aliphatic heterocycles. The highest BCUT2D eigenvalue weighted by molar-refractivity contribution is 5.35. The minimum atomic E-state index is -4.45. The summed E-state index contributed by atoms with van der Waals surface area (Å²) in [5, 5.41) is 9.60. The summed E-state index contributed by atoms with van der Waals surface area (Å²) >= 11 is 0. The lowest BCUT2D eigenvalue weighted by Crippen LogP contribution is -2.35. The van der Waals surface area contributed by atoms with Crippen LogP contribution >= 0.6 is 0 Å². The summed E-state index contributed by atoms with van der Waals surface area (Å²) in [6, 6.07) is 4.97. The Morgan fingerprint density at radius 3 is 2.44 bits per heavy atom. The predicted octanol–water partition coefficient (Wildman–Crippen LogP) is 2.18. The van der Waals surface area contributed by atoms with Crippen molar-refractivity contribution in [3.63, 3.8) is 0 Å². The molecule has 0 bridgehead atoms. The first kappa shape index (κ1) is 14.8. The number of alkyl halides is 3. The number of rotatable bonds is 5. The summed E-state index contributed by atoms with van der Waals surface area (Å²) in [4.78, 5) is 0. The van der Waals surface area contributed by atoms with E-state index in [9.17, 15) is 18.3 Å². The smallest absolute Gasteiger partial charge is 0.419 e. The molecule has 0 saturated heterocycles. The van der Waals surface area contributed by atoms with E-state index < -0.39 is 17.3 Å². The number of hydrogen-bond donors (Lipinski definition) is 2. The Morgan fingerprint density at radius 1 is 1.28 bits per heavy atom. The molecule has 102 valence electrons. The van der Waals surface area contributed by atoms with Gasteiger partial charge >= 0.3 is 6.18 Å². The van der Waals surface area contributed by atoms with E-state index in [2.05, 4.69) is 0 Å². The van der Waals surface area contributed by atoms with Crippen molar-refractivity contribution in [1.29, 1.82) is 0 Å². The molecular weight excluding hydrogens is 247 g/mol. The van der Waals surface area contributed by atoms with Gasteiger partial charge in [-0.15, -0.1) is 0 Å². The van der Waals surface area contributed by atoms with Gasteiger partial charge in [-0.05, 0) is 19.1 Å². The number of para-hydroxylation sites is 1. The minimum absolute atomic E-state index is 0.0251. The molecule has 3 N–H and O–H groups in total. The van der Waals surface area contributed by atoms with Crippen LogP contribution in [0.4, 0.5) is 13.2 Å². The fraction of sp³-hybridized carbons (Fsp3) is 0.500. The van der Waals surface area contributed by atoms with Crippen molar-refractivity contribution in [3.8, 4) is 5.75 Å². The summed E-state index contributed by atoms with van der Waals surface area (Å²) < 4.78 is 42.9. The number of nitrogens with two attached hydrogens (primary N) is 1. The van der Waals surface area contributed by atoms with Crippen LogP contribution in [0.2, 0.25) is 0 Å². The molecule has 1 aromatic rings. The molecule has 0 spiro atoms. The van der Waals surface area contributed by atoms with Crippen molar-refractivity contribution in [2.24, 2.45) is 5.73 Å². The second-order valence-electron chi connectivity index (χ2n) is 4.29. The van der Waals surface area contributed by atoms with E-state index in [1.165, 1.54) is 25.1 Å². The first-order valence-electron chi connectivity index (χ1n) is 5.48. The Balaban J connectivity index is 2.69. The maximum atomic E-state index is 12.6. The van der Waals surface area contributed by atoms with Crippen LogP contribution in [0.1, 0.15) is 18.9 Å². The van der Waals surface area contributed by atoms with Gasteiger partial charge in [-0.1, -0.05) is 12.1 Å². The monoisotopic (exact) mass is 263 g/mol. The molecular formula is C12H16F3NO2. The van der Waals surface area contributed by atoms with Gasteiger partial charge in [-0.2, -0.15) is 13.2 Å². The summed E-state index contributed by atoms with van der Waals surface area (Å²) in [6.45, 7) is 1.50. The molecule has 0 aromatic heterocycles. The van der Waals surface area contributed by atoms with Crippen LogP contribution in [0.3, 0.4) is 0 Å². The van der Waals surface area contributed by atoms with Crippen LogP contribution in [0.5, 0.6) is 5.75 Å². The maximum Gasteiger partial charge on any atom is 0.419 e. The molecule has 0 fully saturated rings. The van der Waals surface area contributed by atoms with Crippen molar-refractivity contribution in [2.75, 3.05) is 13.2 Å². The van der Waals surface area contributed by atoms with Gasteiger partial charge in [0, 0.05) is 13.0 Å². The average Bonchev–Trinajstić information content (AvgIpc) is 2.28. The number of halogens is 3. The summed E-state index contributed by atoms with van der Waals surface area (Å²) in [6.07, 6.45) is -4.29. The normalized spacial score (nSPS) is 15.2. The molecule has 0 amide bonds. The Bertz CT molecular complexity index is 391.